The van der Waals surface area contributed by atoms with Crippen LogP contribution in [-0.4, -0.2) is 87.6 Å². The van der Waals surface area contributed by atoms with Crippen molar-refractivity contribution in [3.63, 3.8) is 0 Å². The Balaban J connectivity index is 1.17. The number of aliphatic hydroxyl groups excluding tert-OH is 1. The van der Waals surface area contributed by atoms with Crippen LogP contribution in [0.3, 0.4) is 0 Å². The summed E-state index contributed by atoms with van der Waals surface area (Å²) in [5.41, 5.74) is 6.34. The molecular formula is C35H38ClN7O4. The fraction of sp³-hybridized carbons (Fsp3) is 0.343. The zero-order valence-corrected chi connectivity index (χ0v) is 27.4. The molecule has 3 aromatic heterocycles. The fourth-order valence-electron chi connectivity index (χ4n) is 6.09. The lowest BCUT2D eigenvalue weighted by atomic mass is 10.0. The molecule has 5 heterocycles. The second-order valence-corrected chi connectivity index (χ2v) is 12.6. The van der Waals surface area contributed by atoms with Gasteiger partial charge in [0.1, 0.15) is 5.69 Å². The number of β-amino-alcohol motifs (C(OH)–C–C–N with tert-alkyl or cyclic N) is 1. The molecule has 244 valence electrons. The number of hydrogen-bond acceptors (Lipinski definition) is 9. The minimum absolute atomic E-state index is 0.104. The van der Waals surface area contributed by atoms with Gasteiger partial charge in [0.25, 0.3) is 5.91 Å². The quantitative estimate of drug-likeness (QED) is 0.216. The van der Waals surface area contributed by atoms with Crippen LogP contribution < -0.4 is 15.4 Å². The number of aliphatic hydroxyl groups is 1. The average Bonchev–Trinajstić information content (AvgIpc) is 3.46. The Hall–Kier alpha value is -4.42. The molecule has 0 saturated carbocycles. The summed E-state index contributed by atoms with van der Waals surface area (Å²) in [6.07, 6.45) is 4.54. The van der Waals surface area contributed by atoms with Gasteiger partial charge in [-0.2, -0.15) is 0 Å². The van der Waals surface area contributed by atoms with E-state index in [1.807, 2.05) is 56.4 Å². The standard InChI is InChI=1S/C35H38ClN7O4/c1-21-26(5-4-6-28(21)40-34(46)30-10-7-22(15-38-30)16-43-19-25(44)20-43)33-32(36)27(13-14-37-33)29-11-8-23(35(41-29)47-3)17-42(2)18-24-9-12-31(45)39-24/h4-8,10-11,13-15,24-25,44H,9,12,16-20H2,1-3H3,(H,39,45)(H,40,46)/t24-/m0/s1. The van der Waals surface area contributed by atoms with E-state index in [0.29, 0.717) is 71.8 Å². The van der Waals surface area contributed by atoms with Crippen molar-refractivity contribution in [1.29, 1.82) is 0 Å². The normalized spacial score (nSPS) is 16.6. The maximum atomic E-state index is 13.1. The third kappa shape index (κ3) is 7.44. The number of nitrogens with one attached hydrogen (secondary N) is 2. The summed E-state index contributed by atoms with van der Waals surface area (Å²) >= 11 is 7.00. The number of pyridine rings is 3. The van der Waals surface area contributed by atoms with Crippen molar-refractivity contribution in [2.45, 2.75) is 45.0 Å². The molecule has 47 heavy (non-hydrogen) atoms. The molecule has 1 atom stereocenters. The van der Waals surface area contributed by atoms with Gasteiger partial charge in [0, 0.05) is 80.0 Å². The zero-order chi connectivity index (χ0) is 33.1. The fourth-order valence-corrected chi connectivity index (χ4v) is 6.40. The Labute approximate surface area is 279 Å². The van der Waals surface area contributed by atoms with E-state index in [-0.39, 0.29) is 24.0 Å². The second kappa shape index (κ2) is 14.1. The van der Waals surface area contributed by atoms with E-state index in [2.05, 4.69) is 30.4 Å². The lowest BCUT2D eigenvalue weighted by Crippen LogP contribution is -2.49. The Morgan fingerprint density at radius 3 is 2.68 bits per heavy atom. The summed E-state index contributed by atoms with van der Waals surface area (Å²) in [5, 5.41) is 15.9. The first-order chi connectivity index (χ1) is 22.7. The number of carbonyl (C=O) groups is 2. The molecule has 4 aromatic rings. The van der Waals surface area contributed by atoms with Crippen molar-refractivity contribution in [2.24, 2.45) is 0 Å². The largest absolute Gasteiger partial charge is 0.481 e. The van der Waals surface area contributed by atoms with Crippen molar-refractivity contribution >= 4 is 29.1 Å². The Morgan fingerprint density at radius 2 is 1.98 bits per heavy atom. The maximum Gasteiger partial charge on any atom is 0.274 e. The van der Waals surface area contributed by atoms with Crippen LogP contribution in [0, 0.1) is 6.92 Å². The van der Waals surface area contributed by atoms with Crippen LogP contribution in [0.2, 0.25) is 5.02 Å². The third-order valence-corrected chi connectivity index (χ3v) is 8.98. The van der Waals surface area contributed by atoms with Crippen LogP contribution in [-0.2, 0) is 17.9 Å². The molecule has 1 aromatic carbocycles. The van der Waals surface area contributed by atoms with Gasteiger partial charge in [-0.05, 0) is 55.8 Å². The van der Waals surface area contributed by atoms with Crippen LogP contribution >= 0.6 is 11.6 Å². The molecule has 2 saturated heterocycles. The van der Waals surface area contributed by atoms with E-state index in [4.69, 9.17) is 21.3 Å². The molecule has 0 bridgehead atoms. The summed E-state index contributed by atoms with van der Waals surface area (Å²) in [4.78, 5) is 42.7. The number of nitrogens with zero attached hydrogens (tertiary/aromatic N) is 5. The zero-order valence-electron chi connectivity index (χ0n) is 26.7. The molecule has 0 unspecified atom stereocenters. The molecule has 6 rings (SSSR count). The van der Waals surface area contributed by atoms with Crippen LogP contribution in [0.5, 0.6) is 5.88 Å². The number of ether oxygens (including phenoxy) is 1. The number of methoxy groups -OCH3 is 1. The minimum Gasteiger partial charge on any atom is -0.481 e. The topological polar surface area (TPSA) is 133 Å². The van der Waals surface area contributed by atoms with E-state index in [1.54, 1.807) is 25.6 Å². The number of aromatic nitrogens is 3. The van der Waals surface area contributed by atoms with E-state index in [1.165, 1.54) is 0 Å². The van der Waals surface area contributed by atoms with E-state index in [0.717, 1.165) is 35.2 Å². The van der Waals surface area contributed by atoms with Crippen molar-refractivity contribution in [2.75, 3.05) is 39.1 Å². The van der Waals surface area contributed by atoms with Crippen molar-refractivity contribution in [3.05, 3.63) is 88.3 Å². The monoisotopic (exact) mass is 655 g/mol. The number of likely N-dealkylation sites (tertiary alicyclic amines) is 1. The average molecular weight is 656 g/mol. The molecule has 0 radical (unpaired) electrons. The van der Waals surface area contributed by atoms with Crippen LogP contribution in [0.1, 0.15) is 40.0 Å². The first-order valence-electron chi connectivity index (χ1n) is 15.6. The first kappa shape index (κ1) is 32.5. The molecule has 3 N–H and O–H groups in total. The first-order valence-corrected chi connectivity index (χ1v) is 16.0. The minimum atomic E-state index is -0.320. The molecular weight excluding hydrogens is 618 g/mol. The molecule has 2 amide bonds. The van der Waals surface area contributed by atoms with E-state index < -0.39 is 0 Å². The number of carbonyl (C=O) groups excluding carboxylic acids is 2. The Bertz CT molecular complexity index is 1780. The highest BCUT2D eigenvalue weighted by Gasteiger charge is 2.25. The number of hydrogen-bond donors (Lipinski definition) is 3. The lowest BCUT2D eigenvalue weighted by molar-refractivity contribution is -0.119. The van der Waals surface area contributed by atoms with Crippen LogP contribution in [0.25, 0.3) is 22.5 Å². The molecule has 2 aliphatic rings. The predicted octanol–water partition coefficient (Wildman–Crippen LogP) is 4.32. The highest BCUT2D eigenvalue weighted by atomic mass is 35.5. The number of benzene rings is 1. The molecule has 12 heteroatoms. The van der Waals surface area contributed by atoms with Gasteiger partial charge in [0.05, 0.1) is 29.6 Å². The van der Waals surface area contributed by atoms with Gasteiger partial charge in [0.15, 0.2) is 0 Å². The smallest absolute Gasteiger partial charge is 0.274 e. The summed E-state index contributed by atoms with van der Waals surface area (Å²) in [5.74, 6) is 0.284. The molecule has 0 spiro atoms. The van der Waals surface area contributed by atoms with E-state index >= 15 is 0 Å². The molecule has 2 fully saturated rings. The molecule has 11 nitrogen and oxygen atoms in total. The van der Waals surface area contributed by atoms with Crippen LogP contribution in [0.4, 0.5) is 5.69 Å². The second-order valence-electron chi connectivity index (χ2n) is 12.2. The number of rotatable bonds is 11. The van der Waals surface area contributed by atoms with Gasteiger partial charge in [-0.25, -0.2) is 4.98 Å². The summed E-state index contributed by atoms with van der Waals surface area (Å²) < 4.78 is 5.67. The highest BCUT2D eigenvalue weighted by molar-refractivity contribution is 6.35. The Kier molecular flexibility index (Phi) is 9.79. The lowest BCUT2D eigenvalue weighted by Gasteiger charge is -2.35. The van der Waals surface area contributed by atoms with Gasteiger partial charge in [-0.1, -0.05) is 35.9 Å². The Morgan fingerprint density at radius 1 is 1.15 bits per heavy atom. The number of amides is 2. The number of halogens is 1. The molecule has 0 aliphatic carbocycles. The van der Waals surface area contributed by atoms with Gasteiger partial charge in [0.2, 0.25) is 11.8 Å². The van der Waals surface area contributed by atoms with Crippen molar-refractivity contribution in [3.8, 4) is 28.4 Å². The summed E-state index contributed by atoms with van der Waals surface area (Å²) in [6, 6.07) is 15.1. The third-order valence-electron chi connectivity index (χ3n) is 8.59. The summed E-state index contributed by atoms with van der Waals surface area (Å²) in [7, 11) is 3.61. The van der Waals surface area contributed by atoms with Gasteiger partial charge < -0.3 is 20.5 Å². The van der Waals surface area contributed by atoms with Crippen LogP contribution in [0.15, 0.2) is 60.9 Å². The molecule has 2 aliphatic heterocycles. The predicted molar refractivity (Wildman–Crippen MR) is 180 cm³/mol. The number of likely N-dealkylation sites (N-methyl/N-ethyl adjacent to an activating group) is 1. The van der Waals surface area contributed by atoms with Crippen molar-refractivity contribution < 1.29 is 19.4 Å². The van der Waals surface area contributed by atoms with E-state index in [9.17, 15) is 14.7 Å². The SMILES string of the molecule is COc1nc(-c2ccnc(-c3cccc(NC(=O)c4ccc(CN5CC(O)C5)cn4)c3C)c2Cl)ccc1CN(C)C[C@@H]1CCC(=O)N1. The van der Waals surface area contributed by atoms with Gasteiger partial charge in [-0.3, -0.25) is 29.4 Å². The number of anilines is 1. The summed E-state index contributed by atoms with van der Waals surface area (Å²) in [6.45, 7) is 5.25. The highest BCUT2D eigenvalue weighted by Crippen LogP contribution is 2.38. The van der Waals surface area contributed by atoms with Gasteiger partial charge in [-0.15, -0.1) is 0 Å². The van der Waals surface area contributed by atoms with Crippen molar-refractivity contribution in [1.82, 2.24) is 30.1 Å². The van der Waals surface area contributed by atoms with Gasteiger partial charge >= 0.3 is 0 Å². The maximum absolute atomic E-state index is 13.1.